The van der Waals surface area contributed by atoms with Gasteiger partial charge in [-0.25, -0.2) is 0 Å². The Bertz CT molecular complexity index is 980. The lowest BCUT2D eigenvalue weighted by atomic mass is 10.1. The van der Waals surface area contributed by atoms with E-state index in [9.17, 15) is 4.79 Å². The quantitative estimate of drug-likeness (QED) is 0.669. The average Bonchev–Trinajstić information content (AvgIpc) is 2.94. The zero-order valence-electron chi connectivity index (χ0n) is 11.7. The molecule has 0 aliphatic heterocycles. The van der Waals surface area contributed by atoms with Crippen molar-refractivity contribution in [2.75, 3.05) is 0 Å². The smallest absolute Gasteiger partial charge is 0.292 e. The number of nitrogens with one attached hydrogen (secondary N) is 2. The molecule has 0 aliphatic carbocycles. The maximum atomic E-state index is 12.0. The first-order valence-corrected chi connectivity index (χ1v) is 7.46. The molecule has 0 bridgehead atoms. The molecule has 6 nitrogen and oxygen atoms in total. The number of hydrogen-bond donors (Lipinski definition) is 2. The maximum absolute atomic E-state index is 12.0. The van der Waals surface area contributed by atoms with Gasteiger partial charge < -0.3 is 0 Å². The molecule has 0 aliphatic rings. The van der Waals surface area contributed by atoms with E-state index in [4.69, 9.17) is 5.26 Å². The van der Waals surface area contributed by atoms with Crippen LogP contribution in [-0.4, -0.2) is 10.2 Å². The van der Waals surface area contributed by atoms with Gasteiger partial charge in [0.25, 0.3) is 5.56 Å². The topological polar surface area (TPSA) is 97.2 Å². The Morgan fingerprint density at radius 1 is 1.04 bits per heavy atom. The van der Waals surface area contributed by atoms with Gasteiger partial charge in [0.15, 0.2) is 5.69 Å². The minimum atomic E-state index is -0.377. The van der Waals surface area contributed by atoms with E-state index in [-0.39, 0.29) is 11.2 Å². The van der Waals surface area contributed by atoms with Gasteiger partial charge in [-0.3, -0.25) is 15.0 Å². The highest BCUT2D eigenvalue weighted by atomic mass is 79.9. The Morgan fingerprint density at radius 3 is 2.65 bits per heavy atom. The molecule has 0 saturated heterocycles. The summed E-state index contributed by atoms with van der Waals surface area (Å²) in [5, 5.41) is 22.4. The standard InChI is InChI=1S/C16H10BrN5O/c17-12-6-3-5-10(8-12)14-15(16(23)22-20-14)21-19-13-7-2-1-4-11(13)9-18/h1-8H,(H2,20,22,23). The van der Waals surface area contributed by atoms with Crippen molar-refractivity contribution >= 4 is 27.3 Å². The summed E-state index contributed by atoms with van der Waals surface area (Å²) < 4.78 is 0.884. The van der Waals surface area contributed by atoms with Crippen molar-refractivity contribution in [3.8, 4) is 17.3 Å². The highest BCUT2D eigenvalue weighted by molar-refractivity contribution is 9.10. The molecule has 0 radical (unpaired) electrons. The molecule has 0 fully saturated rings. The van der Waals surface area contributed by atoms with Crippen molar-refractivity contribution < 1.29 is 0 Å². The fourth-order valence-electron chi connectivity index (χ4n) is 2.06. The molecule has 3 aromatic rings. The van der Waals surface area contributed by atoms with Crippen LogP contribution >= 0.6 is 15.9 Å². The summed E-state index contributed by atoms with van der Waals surface area (Å²) in [5.74, 6) is 0. The molecule has 1 heterocycles. The fourth-order valence-corrected chi connectivity index (χ4v) is 2.46. The summed E-state index contributed by atoms with van der Waals surface area (Å²) in [4.78, 5) is 12.0. The SMILES string of the molecule is N#Cc1ccccc1N=Nc1c(-c2cccc(Br)c2)[nH][nH]c1=O. The Labute approximate surface area is 139 Å². The molecule has 23 heavy (non-hydrogen) atoms. The summed E-state index contributed by atoms with van der Waals surface area (Å²) in [6.07, 6.45) is 0. The Morgan fingerprint density at radius 2 is 1.87 bits per heavy atom. The molecule has 0 amide bonds. The molecule has 2 N–H and O–H groups in total. The number of aromatic nitrogens is 2. The third kappa shape index (κ3) is 3.12. The van der Waals surface area contributed by atoms with Gasteiger partial charge in [-0.1, -0.05) is 40.2 Å². The van der Waals surface area contributed by atoms with Crippen LogP contribution < -0.4 is 5.56 Å². The van der Waals surface area contributed by atoms with E-state index in [1.807, 2.05) is 30.3 Å². The van der Waals surface area contributed by atoms with E-state index in [0.717, 1.165) is 10.0 Å². The van der Waals surface area contributed by atoms with Crippen LogP contribution in [0, 0.1) is 11.3 Å². The third-order valence-corrected chi connectivity index (χ3v) is 3.64. The van der Waals surface area contributed by atoms with Gasteiger partial charge in [-0.05, 0) is 24.3 Å². The minimum Gasteiger partial charge on any atom is -0.295 e. The zero-order valence-corrected chi connectivity index (χ0v) is 13.3. The van der Waals surface area contributed by atoms with Crippen LogP contribution in [0.15, 0.2) is 68.0 Å². The third-order valence-electron chi connectivity index (χ3n) is 3.15. The molecule has 0 atom stereocenters. The molecule has 0 saturated carbocycles. The molecular weight excluding hydrogens is 358 g/mol. The lowest BCUT2D eigenvalue weighted by Crippen LogP contribution is -1.96. The van der Waals surface area contributed by atoms with Crippen molar-refractivity contribution in [3.63, 3.8) is 0 Å². The van der Waals surface area contributed by atoms with E-state index in [0.29, 0.717) is 16.9 Å². The van der Waals surface area contributed by atoms with E-state index in [2.05, 4.69) is 36.4 Å². The Balaban J connectivity index is 2.05. The van der Waals surface area contributed by atoms with Crippen molar-refractivity contribution in [2.45, 2.75) is 0 Å². The second kappa shape index (κ2) is 6.42. The van der Waals surface area contributed by atoms with Gasteiger partial charge in [0, 0.05) is 10.0 Å². The summed E-state index contributed by atoms with van der Waals surface area (Å²) in [5.41, 5.74) is 1.92. The van der Waals surface area contributed by atoms with Gasteiger partial charge in [0.1, 0.15) is 11.8 Å². The number of aromatic amines is 2. The van der Waals surface area contributed by atoms with Crippen LogP contribution in [0.3, 0.4) is 0 Å². The first kappa shape index (κ1) is 14.9. The van der Waals surface area contributed by atoms with Gasteiger partial charge in [0.05, 0.1) is 11.3 Å². The number of benzene rings is 2. The van der Waals surface area contributed by atoms with Crippen LogP contribution in [0.1, 0.15) is 5.56 Å². The molecule has 3 rings (SSSR count). The summed E-state index contributed by atoms with van der Waals surface area (Å²) >= 11 is 3.39. The predicted octanol–water partition coefficient (Wildman–Crippen LogP) is 4.42. The molecule has 112 valence electrons. The van der Waals surface area contributed by atoms with E-state index in [1.54, 1.807) is 24.3 Å². The number of halogens is 1. The van der Waals surface area contributed by atoms with E-state index < -0.39 is 0 Å². The van der Waals surface area contributed by atoms with E-state index >= 15 is 0 Å². The molecule has 2 aromatic carbocycles. The highest BCUT2D eigenvalue weighted by Crippen LogP contribution is 2.28. The van der Waals surface area contributed by atoms with Crippen LogP contribution in [0.25, 0.3) is 11.3 Å². The maximum Gasteiger partial charge on any atom is 0.292 e. The average molecular weight is 368 g/mol. The molecule has 1 aromatic heterocycles. The summed E-state index contributed by atoms with van der Waals surface area (Å²) in [6.45, 7) is 0. The van der Waals surface area contributed by atoms with Crippen LogP contribution in [0.2, 0.25) is 0 Å². The van der Waals surface area contributed by atoms with Crippen LogP contribution in [0.4, 0.5) is 11.4 Å². The minimum absolute atomic E-state index is 0.163. The van der Waals surface area contributed by atoms with Crippen molar-refractivity contribution in [3.05, 3.63) is 68.9 Å². The number of H-pyrrole nitrogens is 2. The highest BCUT2D eigenvalue weighted by Gasteiger charge is 2.12. The first-order chi connectivity index (χ1) is 11.2. The lowest BCUT2D eigenvalue weighted by molar-refractivity contribution is 1.06. The van der Waals surface area contributed by atoms with Gasteiger partial charge in [0.2, 0.25) is 0 Å². The van der Waals surface area contributed by atoms with Crippen LogP contribution in [-0.2, 0) is 0 Å². The lowest BCUT2D eigenvalue weighted by Gasteiger charge is -1.99. The molecule has 0 unspecified atom stereocenters. The largest absolute Gasteiger partial charge is 0.295 e. The normalized spacial score (nSPS) is 10.8. The second-order valence-electron chi connectivity index (χ2n) is 4.64. The summed E-state index contributed by atoms with van der Waals surface area (Å²) in [7, 11) is 0. The van der Waals surface area contributed by atoms with Gasteiger partial charge in [-0.15, -0.1) is 10.2 Å². The number of nitriles is 1. The number of azo groups is 1. The number of nitrogens with zero attached hydrogens (tertiary/aromatic N) is 3. The first-order valence-electron chi connectivity index (χ1n) is 6.66. The van der Waals surface area contributed by atoms with Crippen molar-refractivity contribution in [2.24, 2.45) is 10.2 Å². The van der Waals surface area contributed by atoms with Gasteiger partial charge in [-0.2, -0.15) is 5.26 Å². The fraction of sp³-hybridized carbons (Fsp3) is 0. The van der Waals surface area contributed by atoms with E-state index in [1.165, 1.54) is 0 Å². The second-order valence-corrected chi connectivity index (χ2v) is 5.56. The zero-order chi connectivity index (χ0) is 16.2. The number of rotatable bonds is 3. The number of hydrogen-bond acceptors (Lipinski definition) is 4. The Hall–Kier alpha value is -2.98. The Kier molecular flexibility index (Phi) is 4.17. The van der Waals surface area contributed by atoms with Crippen molar-refractivity contribution in [1.29, 1.82) is 5.26 Å². The van der Waals surface area contributed by atoms with Crippen LogP contribution in [0.5, 0.6) is 0 Å². The molecule has 7 heteroatoms. The summed E-state index contributed by atoms with van der Waals surface area (Å²) in [6, 6.07) is 16.3. The monoisotopic (exact) mass is 367 g/mol. The molecular formula is C16H10BrN5O. The predicted molar refractivity (Wildman–Crippen MR) is 89.9 cm³/mol. The molecule has 0 spiro atoms. The van der Waals surface area contributed by atoms with Gasteiger partial charge >= 0.3 is 0 Å². The van der Waals surface area contributed by atoms with Crippen molar-refractivity contribution in [1.82, 2.24) is 10.2 Å².